The highest BCUT2D eigenvalue weighted by Gasteiger charge is 2.31. The molecular formula is C23H25FN4O3. The standard InChI is InChI=1S/C23H25FN4O3/c1-16-14-21(29)25-19-8-4-5-9-20(19)28(16)22(30)15-26-10-12-27(13-11-26)23(31)17-6-2-3-7-18(17)24/h2-9,16H,10-15H2,1H3,(H,25,29). The number of fused-ring (bicyclic) bond motifs is 1. The van der Waals surface area contributed by atoms with E-state index in [0.717, 1.165) is 0 Å². The number of nitrogens with zero attached hydrogens (tertiary/aromatic N) is 3. The van der Waals surface area contributed by atoms with E-state index in [9.17, 15) is 18.8 Å². The fraction of sp³-hybridized carbons (Fsp3) is 0.348. The molecule has 0 bridgehead atoms. The highest BCUT2D eigenvalue weighted by Crippen LogP contribution is 2.31. The van der Waals surface area contributed by atoms with Crippen molar-refractivity contribution in [1.29, 1.82) is 0 Å². The average molecular weight is 424 g/mol. The quantitative estimate of drug-likeness (QED) is 0.821. The molecule has 0 spiro atoms. The first-order valence-corrected chi connectivity index (χ1v) is 10.4. The van der Waals surface area contributed by atoms with Gasteiger partial charge in [-0.15, -0.1) is 0 Å². The second-order valence-corrected chi connectivity index (χ2v) is 7.93. The summed E-state index contributed by atoms with van der Waals surface area (Å²) in [6.07, 6.45) is 0.228. The van der Waals surface area contributed by atoms with E-state index in [4.69, 9.17) is 0 Å². The van der Waals surface area contributed by atoms with Crippen LogP contribution in [0, 0.1) is 5.82 Å². The molecule has 2 heterocycles. The van der Waals surface area contributed by atoms with E-state index in [1.807, 2.05) is 30.0 Å². The topological polar surface area (TPSA) is 73.0 Å². The van der Waals surface area contributed by atoms with Gasteiger partial charge in [0.25, 0.3) is 5.91 Å². The zero-order chi connectivity index (χ0) is 22.0. The SMILES string of the molecule is CC1CC(=O)Nc2ccccc2N1C(=O)CN1CCN(C(=O)c2ccccc2F)CC1. The molecule has 1 unspecified atom stereocenters. The first-order valence-electron chi connectivity index (χ1n) is 10.4. The monoisotopic (exact) mass is 424 g/mol. The van der Waals surface area contributed by atoms with E-state index < -0.39 is 5.82 Å². The fourth-order valence-electron chi connectivity index (χ4n) is 4.15. The van der Waals surface area contributed by atoms with E-state index >= 15 is 0 Å². The molecule has 31 heavy (non-hydrogen) atoms. The molecule has 1 N–H and O–H groups in total. The summed E-state index contributed by atoms with van der Waals surface area (Å²) in [6, 6.07) is 13.0. The van der Waals surface area contributed by atoms with Gasteiger partial charge in [-0.25, -0.2) is 4.39 Å². The lowest BCUT2D eigenvalue weighted by atomic mass is 10.1. The van der Waals surface area contributed by atoms with Crippen LogP contribution in [0.1, 0.15) is 23.7 Å². The molecule has 1 saturated heterocycles. The molecule has 1 atom stereocenters. The molecule has 2 aromatic rings. The number of halogens is 1. The highest BCUT2D eigenvalue weighted by molar-refractivity contribution is 6.05. The van der Waals surface area contributed by atoms with Gasteiger partial charge in [0.1, 0.15) is 5.82 Å². The van der Waals surface area contributed by atoms with E-state index in [-0.39, 0.29) is 42.3 Å². The van der Waals surface area contributed by atoms with Gasteiger partial charge in [-0.3, -0.25) is 19.3 Å². The molecule has 2 aromatic carbocycles. The van der Waals surface area contributed by atoms with Crippen LogP contribution in [0.2, 0.25) is 0 Å². The summed E-state index contributed by atoms with van der Waals surface area (Å²) < 4.78 is 13.9. The van der Waals surface area contributed by atoms with Crippen LogP contribution in [0.15, 0.2) is 48.5 Å². The Bertz CT molecular complexity index is 1000. The lowest BCUT2D eigenvalue weighted by Crippen LogP contribution is -2.52. The van der Waals surface area contributed by atoms with Gasteiger partial charge in [-0.05, 0) is 31.2 Å². The summed E-state index contributed by atoms with van der Waals surface area (Å²) in [6.45, 7) is 3.94. The van der Waals surface area contributed by atoms with Crippen molar-refractivity contribution in [2.75, 3.05) is 42.9 Å². The van der Waals surface area contributed by atoms with Gasteiger partial charge in [0, 0.05) is 38.6 Å². The molecular weight excluding hydrogens is 399 g/mol. The van der Waals surface area contributed by atoms with Crippen LogP contribution in [-0.4, -0.2) is 66.3 Å². The van der Waals surface area contributed by atoms with Crippen LogP contribution >= 0.6 is 0 Å². The van der Waals surface area contributed by atoms with Crippen molar-refractivity contribution in [3.63, 3.8) is 0 Å². The predicted molar refractivity (Wildman–Crippen MR) is 115 cm³/mol. The molecule has 0 radical (unpaired) electrons. The Hall–Kier alpha value is -3.26. The van der Waals surface area contributed by atoms with Gasteiger partial charge in [0.05, 0.1) is 23.5 Å². The smallest absolute Gasteiger partial charge is 0.256 e. The molecule has 3 amide bonds. The number of benzene rings is 2. The lowest BCUT2D eigenvalue weighted by molar-refractivity contribution is -0.120. The van der Waals surface area contributed by atoms with E-state index in [1.54, 1.807) is 28.0 Å². The molecule has 8 heteroatoms. The van der Waals surface area contributed by atoms with Crippen molar-refractivity contribution >= 4 is 29.1 Å². The Morgan fingerprint density at radius 3 is 2.45 bits per heavy atom. The van der Waals surface area contributed by atoms with Crippen molar-refractivity contribution in [2.45, 2.75) is 19.4 Å². The molecule has 2 aliphatic rings. The summed E-state index contributed by atoms with van der Waals surface area (Å²) in [5.74, 6) is -1.06. The minimum atomic E-state index is -0.526. The number of rotatable bonds is 3. The Kier molecular flexibility index (Phi) is 5.99. The Balaban J connectivity index is 1.41. The van der Waals surface area contributed by atoms with Gasteiger partial charge < -0.3 is 15.1 Å². The summed E-state index contributed by atoms with van der Waals surface area (Å²) in [5.41, 5.74) is 1.39. The van der Waals surface area contributed by atoms with Crippen molar-refractivity contribution in [2.24, 2.45) is 0 Å². The van der Waals surface area contributed by atoms with Gasteiger partial charge in [0.15, 0.2) is 0 Å². The van der Waals surface area contributed by atoms with Crippen LogP contribution in [0.4, 0.5) is 15.8 Å². The number of carbonyl (C=O) groups is 3. The second kappa shape index (κ2) is 8.85. The van der Waals surface area contributed by atoms with Gasteiger partial charge in [0.2, 0.25) is 11.8 Å². The Morgan fingerprint density at radius 2 is 1.71 bits per heavy atom. The molecule has 2 aliphatic heterocycles. The average Bonchev–Trinajstić information content (AvgIpc) is 2.88. The zero-order valence-electron chi connectivity index (χ0n) is 17.4. The van der Waals surface area contributed by atoms with E-state index in [1.165, 1.54) is 12.1 Å². The van der Waals surface area contributed by atoms with Crippen LogP contribution in [-0.2, 0) is 9.59 Å². The largest absolute Gasteiger partial charge is 0.336 e. The van der Waals surface area contributed by atoms with Crippen LogP contribution < -0.4 is 10.2 Å². The van der Waals surface area contributed by atoms with Crippen molar-refractivity contribution in [1.82, 2.24) is 9.80 Å². The third-order valence-corrected chi connectivity index (χ3v) is 5.75. The number of para-hydroxylation sites is 2. The highest BCUT2D eigenvalue weighted by atomic mass is 19.1. The van der Waals surface area contributed by atoms with E-state index in [0.29, 0.717) is 37.6 Å². The van der Waals surface area contributed by atoms with Gasteiger partial charge in [-0.1, -0.05) is 24.3 Å². The minimum Gasteiger partial charge on any atom is -0.336 e. The number of amides is 3. The molecule has 0 aromatic heterocycles. The van der Waals surface area contributed by atoms with Crippen molar-refractivity contribution in [3.8, 4) is 0 Å². The maximum atomic E-state index is 13.9. The minimum absolute atomic E-state index is 0.0687. The number of nitrogens with one attached hydrogen (secondary N) is 1. The maximum Gasteiger partial charge on any atom is 0.256 e. The van der Waals surface area contributed by atoms with Crippen molar-refractivity contribution < 1.29 is 18.8 Å². The first-order chi connectivity index (χ1) is 14.9. The van der Waals surface area contributed by atoms with Gasteiger partial charge in [-0.2, -0.15) is 0 Å². The lowest BCUT2D eigenvalue weighted by Gasteiger charge is -2.36. The number of piperazine rings is 1. The second-order valence-electron chi connectivity index (χ2n) is 7.93. The molecule has 7 nitrogen and oxygen atoms in total. The molecule has 0 saturated carbocycles. The predicted octanol–water partition coefficient (Wildman–Crippen LogP) is 2.35. The Labute approximate surface area is 180 Å². The molecule has 1 fully saturated rings. The summed E-state index contributed by atoms with van der Waals surface area (Å²) >= 11 is 0. The first kappa shape index (κ1) is 21.0. The number of carbonyl (C=O) groups excluding carboxylic acids is 3. The maximum absolute atomic E-state index is 13.9. The summed E-state index contributed by atoms with van der Waals surface area (Å²) in [5, 5.41) is 2.86. The normalized spacial score (nSPS) is 19.4. The molecule has 4 rings (SSSR count). The molecule has 162 valence electrons. The Morgan fingerprint density at radius 1 is 1.03 bits per heavy atom. The summed E-state index contributed by atoms with van der Waals surface area (Å²) in [7, 11) is 0. The number of hydrogen-bond donors (Lipinski definition) is 1. The molecule has 0 aliphatic carbocycles. The number of hydrogen-bond acceptors (Lipinski definition) is 4. The van der Waals surface area contributed by atoms with Crippen molar-refractivity contribution in [3.05, 3.63) is 59.9 Å². The van der Waals surface area contributed by atoms with Gasteiger partial charge >= 0.3 is 0 Å². The zero-order valence-corrected chi connectivity index (χ0v) is 17.4. The third-order valence-electron chi connectivity index (χ3n) is 5.75. The fourth-order valence-corrected chi connectivity index (χ4v) is 4.15. The van der Waals surface area contributed by atoms with Crippen LogP contribution in [0.25, 0.3) is 0 Å². The third kappa shape index (κ3) is 4.44. The van der Waals surface area contributed by atoms with Crippen LogP contribution in [0.5, 0.6) is 0 Å². The van der Waals surface area contributed by atoms with Crippen LogP contribution in [0.3, 0.4) is 0 Å². The summed E-state index contributed by atoms with van der Waals surface area (Å²) in [4.78, 5) is 43.2. The van der Waals surface area contributed by atoms with E-state index in [2.05, 4.69) is 5.32 Å². The number of anilines is 2.